The van der Waals surface area contributed by atoms with Gasteiger partial charge in [-0.3, -0.25) is 4.79 Å². The molecule has 0 aromatic rings. The lowest BCUT2D eigenvalue weighted by molar-refractivity contribution is -0.314. The number of carbonyl (C=O) groups excluding carboxylic acids is 2. The number of likely N-dealkylation sites (tertiary alicyclic amines) is 1. The van der Waals surface area contributed by atoms with E-state index >= 15 is 0 Å². The Kier molecular flexibility index (Phi) is 2.60. The molecule has 0 spiro atoms. The first-order chi connectivity index (χ1) is 8.18. The molecule has 2 aliphatic carbocycles. The molecule has 2 saturated carbocycles. The van der Waals surface area contributed by atoms with E-state index in [4.69, 9.17) is 0 Å². The predicted octanol–water partition coefficient (Wildman–Crippen LogP) is 0.0210. The molecule has 1 saturated heterocycles. The Morgan fingerprint density at radius 2 is 1.59 bits per heavy atom. The molecule has 4 atom stereocenters. The third-order valence-electron chi connectivity index (χ3n) is 4.89. The smallest absolute Gasteiger partial charge is 0.226 e. The number of nitrogens with zero attached hydrogens (tertiary/aromatic N) is 1. The molecule has 0 unspecified atom stereocenters. The SMILES string of the molecule is O=C([O-])[C@H]1[C@@H]2CC[C@H](C2)[C@H]1C(=O)N1CCCC1. The van der Waals surface area contributed by atoms with E-state index in [1.807, 2.05) is 4.90 Å². The summed E-state index contributed by atoms with van der Waals surface area (Å²) in [6, 6.07) is 0. The molecule has 1 aliphatic heterocycles. The van der Waals surface area contributed by atoms with E-state index in [0.717, 1.165) is 45.2 Å². The minimum absolute atomic E-state index is 0.0869. The Labute approximate surface area is 101 Å². The fourth-order valence-electron chi connectivity index (χ4n) is 4.13. The van der Waals surface area contributed by atoms with Crippen LogP contribution in [0.5, 0.6) is 0 Å². The highest BCUT2D eigenvalue weighted by Crippen LogP contribution is 2.52. The van der Waals surface area contributed by atoms with Gasteiger partial charge >= 0.3 is 0 Å². The van der Waals surface area contributed by atoms with Crippen LogP contribution in [0.1, 0.15) is 32.1 Å². The molecule has 0 radical (unpaired) electrons. The summed E-state index contributed by atoms with van der Waals surface area (Å²) >= 11 is 0. The van der Waals surface area contributed by atoms with E-state index in [1.165, 1.54) is 0 Å². The van der Waals surface area contributed by atoms with Crippen molar-refractivity contribution in [2.24, 2.45) is 23.7 Å². The molecule has 4 heteroatoms. The van der Waals surface area contributed by atoms with Crippen LogP contribution in [0.3, 0.4) is 0 Å². The van der Waals surface area contributed by atoms with Gasteiger partial charge in [-0.05, 0) is 43.9 Å². The number of carbonyl (C=O) groups is 2. The summed E-state index contributed by atoms with van der Waals surface area (Å²) in [6.07, 6.45) is 5.03. The summed E-state index contributed by atoms with van der Waals surface area (Å²) in [5, 5.41) is 11.2. The number of amides is 1. The molecule has 4 nitrogen and oxygen atoms in total. The molecule has 3 fully saturated rings. The van der Waals surface area contributed by atoms with Gasteiger partial charge in [0.2, 0.25) is 5.91 Å². The van der Waals surface area contributed by atoms with Crippen molar-refractivity contribution in [3.63, 3.8) is 0 Å². The lowest BCUT2D eigenvalue weighted by Gasteiger charge is -2.33. The first-order valence-corrected chi connectivity index (χ1v) is 6.68. The monoisotopic (exact) mass is 236 g/mol. The van der Waals surface area contributed by atoms with Gasteiger partial charge in [0.15, 0.2) is 0 Å². The Morgan fingerprint density at radius 3 is 2.18 bits per heavy atom. The van der Waals surface area contributed by atoms with E-state index in [-0.39, 0.29) is 17.7 Å². The maximum absolute atomic E-state index is 12.4. The van der Waals surface area contributed by atoms with Gasteiger partial charge in [-0.2, -0.15) is 0 Å². The lowest BCUT2D eigenvalue weighted by Crippen LogP contribution is -2.46. The maximum atomic E-state index is 12.4. The molecule has 3 rings (SSSR count). The summed E-state index contributed by atoms with van der Waals surface area (Å²) in [5.41, 5.74) is 0. The Morgan fingerprint density at radius 1 is 1.00 bits per heavy atom. The second-order valence-corrected chi connectivity index (χ2v) is 5.74. The molecule has 1 heterocycles. The van der Waals surface area contributed by atoms with E-state index in [2.05, 4.69) is 0 Å². The van der Waals surface area contributed by atoms with E-state index in [1.54, 1.807) is 0 Å². The summed E-state index contributed by atoms with van der Waals surface area (Å²) in [6.45, 7) is 1.62. The zero-order valence-corrected chi connectivity index (χ0v) is 9.93. The van der Waals surface area contributed by atoms with Crippen LogP contribution in [0.15, 0.2) is 0 Å². The van der Waals surface area contributed by atoms with E-state index in [0.29, 0.717) is 5.92 Å². The molecule has 2 bridgehead atoms. The third-order valence-corrected chi connectivity index (χ3v) is 4.89. The second-order valence-electron chi connectivity index (χ2n) is 5.74. The summed E-state index contributed by atoms with van der Waals surface area (Å²) in [5.74, 6) is -1.21. The van der Waals surface area contributed by atoms with Crippen molar-refractivity contribution in [3.8, 4) is 0 Å². The van der Waals surface area contributed by atoms with Gasteiger partial charge in [0.05, 0.1) is 0 Å². The number of aliphatic carboxylic acids is 1. The third kappa shape index (κ3) is 1.65. The van der Waals surface area contributed by atoms with Crippen molar-refractivity contribution < 1.29 is 14.7 Å². The molecular weight excluding hydrogens is 218 g/mol. The lowest BCUT2D eigenvalue weighted by atomic mass is 9.78. The Bertz CT molecular complexity index is 349. The zero-order valence-electron chi connectivity index (χ0n) is 9.93. The van der Waals surface area contributed by atoms with Crippen LogP contribution >= 0.6 is 0 Å². The molecule has 1 amide bonds. The van der Waals surface area contributed by atoms with Crippen molar-refractivity contribution in [1.29, 1.82) is 0 Å². The molecule has 94 valence electrons. The van der Waals surface area contributed by atoms with Crippen molar-refractivity contribution in [3.05, 3.63) is 0 Å². The van der Waals surface area contributed by atoms with E-state index in [9.17, 15) is 14.7 Å². The number of hydrogen-bond donors (Lipinski definition) is 0. The zero-order chi connectivity index (χ0) is 12.0. The highest BCUT2D eigenvalue weighted by Gasteiger charge is 2.52. The van der Waals surface area contributed by atoms with Gasteiger partial charge in [0, 0.05) is 30.9 Å². The van der Waals surface area contributed by atoms with Crippen molar-refractivity contribution >= 4 is 11.9 Å². The van der Waals surface area contributed by atoms with Crippen molar-refractivity contribution in [2.45, 2.75) is 32.1 Å². The highest BCUT2D eigenvalue weighted by molar-refractivity contribution is 5.85. The van der Waals surface area contributed by atoms with Crippen LogP contribution in [0, 0.1) is 23.7 Å². The standard InChI is InChI=1S/C13H19NO3/c15-12(14-5-1-2-6-14)10-8-3-4-9(7-8)11(10)13(16)17/h8-11H,1-7H2,(H,16,17)/p-1/t8-,9-,10-,11+/m1/s1. The maximum Gasteiger partial charge on any atom is 0.226 e. The van der Waals surface area contributed by atoms with Crippen LogP contribution in [-0.4, -0.2) is 29.9 Å². The average Bonchev–Trinajstić information content (AvgIpc) is 3.02. The van der Waals surface area contributed by atoms with Gasteiger partial charge in [0.1, 0.15) is 0 Å². The Hall–Kier alpha value is -1.06. The number of carboxylic acid groups (broad SMARTS) is 1. The van der Waals surface area contributed by atoms with Crippen molar-refractivity contribution in [1.82, 2.24) is 4.90 Å². The predicted molar refractivity (Wildman–Crippen MR) is 58.6 cm³/mol. The first-order valence-electron chi connectivity index (χ1n) is 6.68. The number of hydrogen-bond acceptors (Lipinski definition) is 3. The molecule has 0 aromatic heterocycles. The fourth-order valence-corrected chi connectivity index (χ4v) is 4.13. The van der Waals surface area contributed by atoms with Crippen LogP contribution in [-0.2, 0) is 9.59 Å². The number of fused-ring (bicyclic) bond motifs is 2. The first kappa shape index (κ1) is 11.1. The van der Waals surface area contributed by atoms with E-state index < -0.39 is 11.9 Å². The van der Waals surface area contributed by atoms with Gasteiger partial charge < -0.3 is 14.8 Å². The number of carboxylic acids is 1. The summed E-state index contributed by atoms with van der Waals surface area (Å²) in [4.78, 5) is 25.5. The second kappa shape index (κ2) is 4.00. The van der Waals surface area contributed by atoms with Gasteiger partial charge in [-0.1, -0.05) is 0 Å². The summed E-state index contributed by atoms with van der Waals surface area (Å²) in [7, 11) is 0. The van der Waals surface area contributed by atoms with Crippen LogP contribution in [0.4, 0.5) is 0 Å². The quantitative estimate of drug-likeness (QED) is 0.679. The number of rotatable bonds is 2. The highest BCUT2D eigenvalue weighted by atomic mass is 16.4. The van der Waals surface area contributed by atoms with Gasteiger partial charge in [-0.15, -0.1) is 0 Å². The topological polar surface area (TPSA) is 60.4 Å². The molecular formula is C13H18NO3-. The van der Waals surface area contributed by atoms with Gasteiger partial charge in [-0.25, -0.2) is 0 Å². The molecule has 0 aromatic carbocycles. The minimum Gasteiger partial charge on any atom is -0.550 e. The normalized spacial score (nSPS) is 39.9. The largest absolute Gasteiger partial charge is 0.550 e. The van der Waals surface area contributed by atoms with Gasteiger partial charge in [0.25, 0.3) is 0 Å². The Balaban J connectivity index is 1.80. The molecule has 3 aliphatic rings. The van der Waals surface area contributed by atoms with Crippen LogP contribution < -0.4 is 5.11 Å². The fraction of sp³-hybridized carbons (Fsp3) is 0.846. The molecule has 0 N–H and O–H groups in total. The van der Waals surface area contributed by atoms with Crippen molar-refractivity contribution in [2.75, 3.05) is 13.1 Å². The van der Waals surface area contributed by atoms with Crippen LogP contribution in [0.2, 0.25) is 0 Å². The van der Waals surface area contributed by atoms with Crippen LogP contribution in [0.25, 0.3) is 0 Å². The molecule has 17 heavy (non-hydrogen) atoms. The minimum atomic E-state index is -1.00. The average molecular weight is 236 g/mol. The summed E-state index contributed by atoms with van der Waals surface area (Å²) < 4.78 is 0.